The van der Waals surface area contributed by atoms with Crippen molar-refractivity contribution in [1.29, 1.82) is 0 Å². The molecular formula is C21H30N2O3. The minimum Gasteiger partial charge on any atom is -0.480 e. The number of carboxylic acid groups (broad SMARTS) is 1. The zero-order chi connectivity index (χ0) is 18.9. The van der Waals surface area contributed by atoms with Crippen molar-refractivity contribution in [2.75, 3.05) is 19.6 Å². The SMILES string of the molecule is CC(C)(C)c1ccc(C2CCCN2C(=O)CN2CCC[C@@H]2C(=O)O)cc1. The van der Waals surface area contributed by atoms with Crippen molar-refractivity contribution in [3.8, 4) is 0 Å². The van der Waals surface area contributed by atoms with Gasteiger partial charge in [-0.25, -0.2) is 0 Å². The van der Waals surface area contributed by atoms with E-state index in [-0.39, 0.29) is 23.9 Å². The second-order valence-electron chi connectivity index (χ2n) is 8.58. The molecule has 1 amide bonds. The Morgan fingerprint density at radius 1 is 1.08 bits per heavy atom. The van der Waals surface area contributed by atoms with E-state index in [9.17, 15) is 14.7 Å². The molecule has 0 saturated carbocycles. The Labute approximate surface area is 156 Å². The van der Waals surface area contributed by atoms with Crippen molar-refractivity contribution in [2.45, 2.75) is 64.0 Å². The van der Waals surface area contributed by atoms with Crippen molar-refractivity contribution in [1.82, 2.24) is 9.80 Å². The van der Waals surface area contributed by atoms with Crippen LogP contribution >= 0.6 is 0 Å². The average Bonchev–Trinajstić information content (AvgIpc) is 3.23. The van der Waals surface area contributed by atoms with Gasteiger partial charge in [-0.05, 0) is 48.8 Å². The number of aliphatic carboxylic acids is 1. The standard InChI is InChI=1S/C21H30N2O3/c1-21(2,3)16-10-8-15(9-11-16)17-6-5-13-23(17)19(24)14-22-12-4-7-18(22)20(25)26/h8-11,17-18H,4-7,12-14H2,1-3H3,(H,25,26)/t17?,18-/m1/s1. The fraction of sp³-hybridized carbons (Fsp3) is 0.619. The van der Waals surface area contributed by atoms with E-state index in [1.54, 1.807) is 0 Å². The van der Waals surface area contributed by atoms with E-state index in [0.29, 0.717) is 13.0 Å². The molecule has 1 N–H and O–H groups in total. The van der Waals surface area contributed by atoms with Crippen LogP contribution in [0.15, 0.2) is 24.3 Å². The van der Waals surface area contributed by atoms with Crippen LogP contribution in [-0.2, 0) is 15.0 Å². The number of hydrogen-bond acceptors (Lipinski definition) is 3. The highest BCUT2D eigenvalue weighted by molar-refractivity contribution is 5.81. The molecule has 2 saturated heterocycles. The van der Waals surface area contributed by atoms with Crippen LogP contribution < -0.4 is 0 Å². The molecule has 5 heteroatoms. The number of carbonyl (C=O) groups is 2. The molecule has 142 valence electrons. The summed E-state index contributed by atoms with van der Waals surface area (Å²) in [6, 6.07) is 8.22. The maximum Gasteiger partial charge on any atom is 0.320 e. The number of amides is 1. The summed E-state index contributed by atoms with van der Waals surface area (Å²) in [4.78, 5) is 28.0. The summed E-state index contributed by atoms with van der Waals surface area (Å²) in [7, 11) is 0. The fourth-order valence-electron chi connectivity index (χ4n) is 4.18. The number of rotatable bonds is 4. The van der Waals surface area contributed by atoms with E-state index in [0.717, 1.165) is 25.8 Å². The van der Waals surface area contributed by atoms with Gasteiger partial charge in [-0.3, -0.25) is 14.5 Å². The van der Waals surface area contributed by atoms with Gasteiger partial charge >= 0.3 is 5.97 Å². The lowest BCUT2D eigenvalue weighted by atomic mass is 9.86. The molecule has 3 rings (SSSR count). The molecular weight excluding hydrogens is 328 g/mol. The van der Waals surface area contributed by atoms with E-state index in [1.807, 2.05) is 9.80 Å². The van der Waals surface area contributed by atoms with Crippen LogP contribution in [0.5, 0.6) is 0 Å². The molecule has 0 spiro atoms. The quantitative estimate of drug-likeness (QED) is 0.898. The summed E-state index contributed by atoms with van der Waals surface area (Å²) in [6.45, 7) is 8.26. The number of hydrogen-bond donors (Lipinski definition) is 1. The van der Waals surface area contributed by atoms with Crippen LogP contribution in [-0.4, -0.2) is 52.5 Å². The monoisotopic (exact) mass is 358 g/mol. The van der Waals surface area contributed by atoms with Crippen LogP contribution in [0.2, 0.25) is 0 Å². The van der Waals surface area contributed by atoms with Crippen molar-refractivity contribution in [3.63, 3.8) is 0 Å². The third-order valence-electron chi connectivity index (χ3n) is 5.72. The molecule has 5 nitrogen and oxygen atoms in total. The van der Waals surface area contributed by atoms with Crippen LogP contribution in [0, 0.1) is 0 Å². The summed E-state index contributed by atoms with van der Waals surface area (Å²) in [5.41, 5.74) is 2.59. The third-order valence-corrected chi connectivity index (χ3v) is 5.72. The maximum absolute atomic E-state index is 12.9. The van der Waals surface area contributed by atoms with E-state index < -0.39 is 12.0 Å². The first-order valence-electron chi connectivity index (χ1n) is 9.64. The predicted octanol–water partition coefficient (Wildman–Crippen LogP) is 3.20. The topological polar surface area (TPSA) is 60.9 Å². The molecule has 1 aromatic carbocycles. The maximum atomic E-state index is 12.9. The molecule has 0 radical (unpaired) electrons. The number of likely N-dealkylation sites (tertiary alicyclic amines) is 2. The predicted molar refractivity (Wildman–Crippen MR) is 101 cm³/mol. The Balaban J connectivity index is 1.69. The number of carbonyl (C=O) groups excluding carboxylic acids is 1. The molecule has 2 heterocycles. The van der Waals surface area contributed by atoms with Gasteiger partial charge in [0.15, 0.2) is 0 Å². The van der Waals surface area contributed by atoms with Gasteiger partial charge in [-0.15, -0.1) is 0 Å². The van der Waals surface area contributed by atoms with Gasteiger partial charge in [0, 0.05) is 6.54 Å². The van der Waals surface area contributed by atoms with Gasteiger partial charge in [0.2, 0.25) is 5.91 Å². The number of benzene rings is 1. The third kappa shape index (κ3) is 3.93. The van der Waals surface area contributed by atoms with Crippen molar-refractivity contribution in [3.05, 3.63) is 35.4 Å². The fourth-order valence-corrected chi connectivity index (χ4v) is 4.18. The summed E-state index contributed by atoms with van der Waals surface area (Å²) in [6.07, 6.45) is 3.46. The van der Waals surface area contributed by atoms with Crippen molar-refractivity contribution in [2.24, 2.45) is 0 Å². The van der Waals surface area contributed by atoms with Gasteiger partial charge in [-0.1, -0.05) is 45.0 Å². The molecule has 1 unspecified atom stereocenters. The second-order valence-corrected chi connectivity index (χ2v) is 8.58. The molecule has 2 aliphatic heterocycles. The van der Waals surface area contributed by atoms with Gasteiger partial charge < -0.3 is 10.0 Å². The Kier molecular flexibility index (Phi) is 5.37. The normalized spacial score (nSPS) is 24.2. The molecule has 2 aliphatic rings. The van der Waals surface area contributed by atoms with Gasteiger partial charge in [0.05, 0.1) is 12.6 Å². The Morgan fingerprint density at radius 3 is 2.35 bits per heavy atom. The summed E-state index contributed by atoms with van der Waals surface area (Å²) < 4.78 is 0. The zero-order valence-electron chi connectivity index (χ0n) is 16.1. The smallest absolute Gasteiger partial charge is 0.320 e. The van der Waals surface area contributed by atoms with E-state index >= 15 is 0 Å². The van der Waals surface area contributed by atoms with Gasteiger partial charge in [0.1, 0.15) is 6.04 Å². The molecule has 2 atom stereocenters. The first-order chi connectivity index (χ1) is 12.3. The molecule has 0 bridgehead atoms. The molecule has 2 fully saturated rings. The van der Waals surface area contributed by atoms with Crippen LogP contribution in [0.3, 0.4) is 0 Å². The summed E-state index contributed by atoms with van der Waals surface area (Å²) >= 11 is 0. The lowest BCUT2D eigenvalue weighted by Crippen LogP contribution is -2.44. The average molecular weight is 358 g/mol. The van der Waals surface area contributed by atoms with Crippen molar-refractivity contribution < 1.29 is 14.7 Å². The number of nitrogens with zero attached hydrogens (tertiary/aromatic N) is 2. The second kappa shape index (κ2) is 7.39. The van der Waals surface area contributed by atoms with E-state index in [1.165, 1.54) is 11.1 Å². The Bertz CT molecular complexity index is 663. The van der Waals surface area contributed by atoms with Crippen molar-refractivity contribution >= 4 is 11.9 Å². The largest absolute Gasteiger partial charge is 0.480 e. The van der Waals surface area contributed by atoms with Gasteiger partial charge in [-0.2, -0.15) is 0 Å². The minimum atomic E-state index is -0.814. The van der Waals surface area contributed by atoms with Crippen LogP contribution in [0.25, 0.3) is 0 Å². The first-order valence-corrected chi connectivity index (χ1v) is 9.64. The summed E-state index contributed by atoms with van der Waals surface area (Å²) in [5.74, 6) is -0.758. The van der Waals surface area contributed by atoms with E-state index in [2.05, 4.69) is 45.0 Å². The lowest BCUT2D eigenvalue weighted by molar-refractivity contribution is -0.143. The van der Waals surface area contributed by atoms with Gasteiger partial charge in [0.25, 0.3) is 0 Å². The minimum absolute atomic E-state index is 0.0561. The number of carboxylic acids is 1. The highest BCUT2D eigenvalue weighted by Gasteiger charge is 2.35. The highest BCUT2D eigenvalue weighted by Crippen LogP contribution is 2.33. The van der Waals surface area contributed by atoms with Crippen LogP contribution in [0.4, 0.5) is 0 Å². The highest BCUT2D eigenvalue weighted by atomic mass is 16.4. The van der Waals surface area contributed by atoms with Crippen LogP contribution in [0.1, 0.15) is 63.6 Å². The molecule has 0 aromatic heterocycles. The lowest BCUT2D eigenvalue weighted by Gasteiger charge is -2.29. The van der Waals surface area contributed by atoms with E-state index in [4.69, 9.17) is 0 Å². The first kappa shape index (κ1) is 18.9. The zero-order valence-corrected chi connectivity index (χ0v) is 16.1. The molecule has 0 aliphatic carbocycles. The Morgan fingerprint density at radius 2 is 1.73 bits per heavy atom. The molecule has 1 aromatic rings. The summed E-state index contributed by atoms with van der Waals surface area (Å²) in [5, 5.41) is 9.32. The molecule has 26 heavy (non-hydrogen) atoms. The Hall–Kier alpha value is -1.88.